The lowest BCUT2D eigenvalue weighted by molar-refractivity contribution is 0.0746. The fourth-order valence-electron chi connectivity index (χ4n) is 3.01. The lowest BCUT2D eigenvalue weighted by atomic mass is 10.1. The molecule has 0 spiro atoms. The molecule has 0 aliphatic carbocycles. The van der Waals surface area contributed by atoms with E-state index in [-0.39, 0.29) is 30.7 Å². The van der Waals surface area contributed by atoms with Crippen molar-refractivity contribution < 1.29 is 9.21 Å². The number of hydrogen-bond donors (Lipinski definition) is 1. The van der Waals surface area contributed by atoms with Crippen molar-refractivity contribution in [2.75, 3.05) is 31.1 Å². The lowest BCUT2D eigenvalue weighted by Crippen LogP contribution is -2.49. The van der Waals surface area contributed by atoms with Crippen molar-refractivity contribution in [3.05, 3.63) is 53.0 Å². The summed E-state index contributed by atoms with van der Waals surface area (Å²) in [6, 6.07) is 8.12. The molecule has 1 aliphatic heterocycles. The number of piperazine rings is 1. The van der Waals surface area contributed by atoms with Crippen LogP contribution in [-0.2, 0) is 6.54 Å². The van der Waals surface area contributed by atoms with Crippen LogP contribution in [0.15, 0.2) is 34.9 Å². The van der Waals surface area contributed by atoms with Crippen molar-refractivity contribution in [3.63, 3.8) is 0 Å². The Morgan fingerprint density at radius 1 is 1.16 bits per heavy atom. The van der Waals surface area contributed by atoms with Crippen molar-refractivity contribution in [1.29, 1.82) is 0 Å². The zero-order valence-electron chi connectivity index (χ0n) is 14.5. The molecule has 2 N–H and O–H groups in total. The second kappa shape index (κ2) is 9.13. The first kappa shape index (κ1) is 21.4. The summed E-state index contributed by atoms with van der Waals surface area (Å²) in [5, 5.41) is 0. The van der Waals surface area contributed by atoms with E-state index in [2.05, 4.69) is 36.9 Å². The number of hydrogen-bond acceptors (Lipinski definition) is 4. The molecule has 2 heterocycles. The summed E-state index contributed by atoms with van der Waals surface area (Å²) in [6.45, 7) is 7.72. The molecule has 0 atom stereocenters. The second-order valence-corrected chi connectivity index (χ2v) is 6.00. The number of amides is 1. The topological polar surface area (TPSA) is 62.7 Å². The van der Waals surface area contributed by atoms with Crippen molar-refractivity contribution in [3.8, 4) is 0 Å². The third kappa shape index (κ3) is 4.48. The first-order chi connectivity index (χ1) is 11.1. The predicted octanol–water partition coefficient (Wildman–Crippen LogP) is 3.16. The van der Waals surface area contributed by atoms with Crippen LogP contribution < -0.4 is 10.6 Å². The molecule has 1 aromatic carbocycles. The van der Waals surface area contributed by atoms with E-state index < -0.39 is 0 Å². The number of benzene rings is 1. The van der Waals surface area contributed by atoms with Gasteiger partial charge in [0.1, 0.15) is 12.0 Å². The number of carbonyl (C=O) groups is 1. The molecule has 7 heteroatoms. The molecule has 0 unspecified atom stereocenters. The Morgan fingerprint density at radius 2 is 1.84 bits per heavy atom. The Hall–Kier alpha value is -1.69. The molecule has 0 radical (unpaired) electrons. The van der Waals surface area contributed by atoms with Gasteiger partial charge in [-0.05, 0) is 37.1 Å². The fourth-order valence-corrected chi connectivity index (χ4v) is 3.01. The number of nitrogens with two attached hydrogens (primary N) is 1. The second-order valence-electron chi connectivity index (χ2n) is 6.00. The normalized spacial score (nSPS) is 13.9. The number of rotatable bonds is 3. The fraction of sp³-hybridized carbons (Fsp3) is 0.389. The maximum atomic E-state index is 12.5. The van der Waals surface area contributed by atoms with Gasteiger partial charge in [-0.1, -0.05) is 12.1 Å². The minimum atomic E-state index is 0. The van der Waals surface area contributed by atoms with Crippen LogP contribution in [0.25, 0.3) is 0 Å². The van der Waals surface area contributed by atoms with Gasteiger partial charge in [0.2, 0.25) is 0 Å². The first-order valence-corrected chi connectivity index (χ1v) is 7.98. The number of halogens is 2. The molecule has 138 valence electrons. The minimum Gasteiger partial charge on any atom is -0.467 e. The van der Waals surface area contributed by atoms with Crippen molar-refractivity contribution in [2.45, 2.75) is 20.4 Å². The Balaban J connectivity index is 0.00000156. The molecule has 0 bridgehead atoms. The van der Waals surface area contributed by atoms with E-state index in [0.29, 0.717) is 17.9 Å². The monoisotopic (exact) mass is 385 g/mol. The van der Waals surface area contributed by atoms with E-state index in [1.807, 2.05) is 4.90 Å². The number of furan rings is 1. The summed E-state index contributed by atoms with van der Waals surface area (Å²) in [5.41, 5.74) is 10.00. The van der Waals surface area contributed by atoms with Gasteiger partial charge in [-0.15, -0.1) is 24.8 Å². The Kier molecular flexibility index (Phi) is 7.80. The van der Waals surface area contributed by atoms with Gasteiger partial charge in [-0.2, -0.15) is 0 Å². The molecular formula is C18H25Cl2N3O2. The number of aryl methyl sites for hydroxylation is 1. The summed E-state index contributed by atoms with van der Waals surface area (Å²) >= 11 is 0. The quantitative estimate of drug-likeness (QED) is 0.880. The van der Waals surface area contributed by atoms with E-state index in [4.69, 9.17) is 10.2 Å². The van der Waals surface area contributed by atoms with Crippen LogP contribution in [0.5, 0.6) is 0 Å². The minimum absolute atomic E-state index is 0. The standard InChI is InChI=1S/C18H23N3O2.2ClH/c1-13-4-3-5-17(14(13)2)20-6-8-21(9-7-20)18(22)15-10-16(11-19)23-12-15;;/h3-5,10,12H,6-9,11,19H2,1-2H3;2*1H. The molecule has 5 nitrogen and oxygen atoms in total. The van der Waals surface area contributed by atoms with Crippen LogP contribution in [-0.4, -0.2) is 37.0 Å². The van der Waals surface area contributed by atoms with Gasteiger partial charge in [-0.3, -0.25) is 4.79 Å². The number of carbonyl (C=O) groups excluding carboxylic acids is 1. The Labute approximate surface area is 161 Å². The molecule has 2 aromatic rings. The van der Waals surface area contributed by atoms with Crippen LogP contribution >= 0.6 is 24.8 Å². The van der Waals surface area contributed by atoms with Gasteiger partial charge >= 0.3 is 0 Å². The average Bonchev–Trinajstić information content (AvgIpc) is 3.06. The van der Waals surface area contributed by atoms with E-state index in [0.717, 1.165) is 26.2 Å². The molecule has 0 saturated carbocycles. The summed E-state index contributed by atoms with van der Waals surface area (Å²) in [7, 11) is 0. The van der Waals surface area contributed by atoms with Gasteiger partial charge in [0, 0.05) is 31.9 Å². The van der Waals surface area contributed by atoms with E-state index in [9.17, 15) is 4.79 Å². The summed E-state index contributed by atoms with van der Waals surface area (Å²) in [4.78, 5) is 16.7. The van der Waals surface area contributed by atoms with Gasteiger partial charge in [-0.25, -0.2) is 0 Å². The Morgan fingerprint density at radius 3 is 2.44 bits per heavy atom. The third-order valence-corrected chi connectivity index (χ3v) is 4.59. The molecule has 1 saturated heterocycles. The third-order valence-electron chi connectivity index (χ3n) is 4.59. The van der Waals surface area contributed by atoms with E-state index in [1.165, 1.54) is 23.1 Å². The van der Waals surface area contributed by atoms with Gasteiger partial charge in [0.15, 0.2) is 0 Å². The van der Waals surface area contributed by atoms with Crippen LogP contribution in [0.3, 0.4) is 0 Å². The number of nitrogens with zero attached hydrogens (tertiary/aromatic N) is 2. The first-order valence-electron chi connectivity index (χ1n) is 7.98. The molecule has 1 aromatic heterocycles. The zero-order chi connectivity index (χ0) is 16.4. The SMILES string of the molecule is Cc1cccc(N2CCN(C(=O)c3coc(CN)c3)CC2)c1C.Cl.Cl. The van der Waals surface area contributed by atoms with Gasteiger partial charge < -0.3 is 20.0 Å². The average molecular weight is 386 g/mol. The van der Waals surface area contributed by atoms with Gasteiger partial charge in [0.05, 0.1) is 12.1 Å². The van der Waals surface area contributed by atoms with Crippen LogP contribution in [0.2, 0.25) is 0 Å². The van der Waals surface area contributed by atoms with Crippen molar-refractivity contribution in [1.82, 2.24) is 4.90 Å². The largest absolute Gasteiger partial charge is 0.467 e. The predicted molar refractivity (Wildman–Crippen MR) is 105 cm³/mol. The highest BCUT2D eigenvalue weighted by atomic mass is 35.5. The molecule has 1 amide bonds. The van der Waals surface area contributed by atoms with Crippen LogP contribution in [0, 0.1) is 13.8 Å². The smallest absolute Gasteiger partial charge is 0.257 e. The highest BCUT2D eigenvalue weighted by Gasteiger charge is 2.24. The maximum absolute atomic E-state index is 12.5. The van der Waals surface area contributed by atoms with Crippen LogP contribution in [0.1, 0.15) is 27.2 Å². The zero-order valence-corrected chi connectivity index (χ0v) is 16.2. The number of anilines is 1. The van der Waals surface area contributed by atoms with E-state index >= 15 is 0 Å². The molecule has 25 heavy (non-hydrogen) atoms. The molecule has 1 fully saturated rings. The lowest BCUT2D eigenvalue weighted by Gasteiger charge is -2.37. The highest BCUT2D eigenvalue weighted by molar-refractivity contribution is 5.94. The van der Waals surface area contributed by atoms with Gasteiger partial charge in [0.25, 0.3) is 5.91 Å². The maximum Gasteiger partial charge on any atom is 0.257 e. The van der Waals surface area contributed by atoms with Crippen molar-refractivity contribution in [2.24, 2.45) is 5.73 Å². The van der Waals surface area contributed by atoms with Crippen molar-refractivity contribution >= 4 is 36.4 Å². The summed E-state index contributed by atoms with van der Waals surface area (Å²) in [5.74, 6) is 0.663. The molecule has 3 rings (SSSR count). The van der Waals surface area contributed by atoms with E-state index in [1.54, 1.807) is 6.07 Å². The Bertz CT molecular complexity index is 710. The highest BCUT2D eigenvalue weighted by Crippen LogP contribution is 2.24. The molecular weight excluding hydrogens is 361 g/mol. The summed E-state index contributed by atoms with van der Waals surface area (Å²) < 4.78 is 5.26. The molecule has 1 aliphatic rings. The van der Waals surface area contributed by atoms with Crippen LogP contribution in [0.4, 0.5) is 5.69 Å². The summed E-state index contributed by atoms with van der Waals surface area (Å²) in [6.07, 6.45) is 1.50.